The third-order valence-electron chi connectivity index (χ3n) is 3.26. The van der Waals surface area contributed by atoms with Gasteiger partial charge < -0.3 is 9.84 Å². The topological polar surface area (TPSA) is 46.5 Å². The molecule has 0 aromatic carbocycles. The second kappa shape index (κ2) is 4.97. The Bertz CT molecular complexity index is 219. The minimum Gasteiger partial charge on any atom is -0.466 e. The summed E-state index contributed by atoms with van der Waals surface area (Å²) in [6, 6.07) is 0. The van der Waals surface area contributed by atoms with Crippen molar-refractivity contribution < 1.29 is 14.6 Å². The second-order valence-electron chi connectivity index (χ2n) is 4.59. The zero-order chi connectivity index (χ0) is 11.5. The highest BCUT2D eigenvalue weighted by atomic mass is 16.5. The summed E-state index contributed by atoms with van der Waals surface area (Å²) >= 11 is 0. The molecule has 0 bridgehead atoms. The van der Waals surface area contributed by atoms with E-state index in [4.69, 9.17) is 4.74 Å². The fraction of sp³-hybridized carbons (Fsp3) is 0.917. The SMILES string of the molecule is CCCC(C(=O)OCC)C(C)(O)C1CC1. The van der Waals surface area contributed by atoms with Crippen molar-refractivity contribution in [2.24, 2.45) is 11.8 Å². The van der Waals surface area contributed by atoms with E-state index in [-0.39, 0.29) is 11.9 Å². The van der Waals surface area contributed by atoms with Gasteiger partial charge in [-0.15, -0.1) is 0 Å². The summed E-state index contributed by atoms with van der Waals surface area (Å²) in [6.07, 6.45) is 3.67. The Morgan fingerprint density at radius 2 is 2.13 bits per heavy atom. The predicted octanol–water partition coefficient (Wildman–Crippen LogP) is 2.13. The fourth-order valence-electron chi connectivity index (χ4n) is 2.13. The maximum absolute atomic E-state index is 11.7. The lowest BCUT2D eigenvalue weighted by Gasteiger charge is -2.31. The van der Waals surface area contributed by atoms with Crippen LogP contribution in [0.2, 0.25) is 0 Å². The maximum Gasteiger partial charge on any atom is 0.311 e. The fourth-order valence-corrected chi connectivity index (χ4v) is 2.13. The van der Waals surface area contributed by atoms with Gasteiger partial charge in [-0.05, 0) is 39.0 Å². The van der Waals surface area contributed by atoms with Crippen molar-refractivity contribution in [3.63, 3.8) is 0 Å². The third kappa shape index (κ3) is 2.94. The number of esters is 1. The van der Waals surface area contributed by atoms with Crippen molar-refractivity contribution in [2.45, 2.75) is 52.1 Å². The third-order valence-corrected chi connectivity index (χ3v) is 3.26. The molecule has 1 rings (SSSR count). The zero-order valence-electron chi connectivity index (χ0n) is 9.95. The van der Waals surface area contributed by atoms with Crippen LogP contribution in [0.3, 0.4) is 0 Å². The van der Waals surface area contributed by atoms with E-state index < -0.39 is 5.60 Å². The van der Waals surface area contributed by atoms with E-state index in [1.165, 1.54) is 0 Å². The summed E-state index contributed by atoms with van der Waals surface area (Å²) in [6.45, 7) is 5.99. The van der Waals surface area contributed by atoms with Gasteiger partial charge in [0.1, 0.15) is 0 Å². The molecule has 1 fully saturated rings. The van der Waals surface area contributed by atoms with E-state index in [2.05, 4.69) is 0 Å². The Labute approximate surface area is 91.8 Å². The molecular formula is C12H22O3. The van der Waals surface area contributed by atoms with Crippen molar-refractivity contribution >= 4 is 5.97 Å². The highest BCUT2D eigenvalue weighted by molar-refractivity contribution is 5.74. The van der Waals surface area contributed by atoms with E-state index in [1.54, 1.807) is 13.8 Å². The molecular weight excluding hydrogens is 192 g/mol. The molecule has 2 atom stereocenters. The standard InChI is InChI=1S/C12H22O3/c1-4-6-10(11(13)15-5-2)12(3,14)9-7-8-9/h9-10,14H,4-8H2,1-3H3. The van der Waals surface area contributed by atoms with Gasteiger partial charge in [0.2, 0.25) is 0 Å². The highest BCUT2D eigenvalue weighted by Gasteiger charge is 2.48. The molecule has 0 aliphatic heterocycles. The summed E-state index contributed by atoms with van der Waals surface area (Å²) in [4.78, 5) is 11.7. The number of aliphatic hydroxyl groups is 1. The molecule has 1 aliphatic carbocycles. The number of carbonyl (C=O) groups is 1. The molecule has 3 nitrogen and oxygen atoms in total. The van der Waals surface area contributed by atoms with Crippen LogP contribution in [0.1, 0.15) is 46.5 Å². The quantitative estimate of drug-likeness (QED) is 0.689. The molecule has 1 aliphatic rings. The van der Waals surface area contributed by atoms with Gasteiger partial charge in [-0.1, -0.05) is 13.3 Å². The average molecular weight is 214 g/mol. The van der Waals surface area contributed by atoms with Crippen molar-refractivity contribution in [2.75, 3.05) is 6.61 Å². The van der Waals surface area contributed by atoms with Crippen LogP contribution in [0.5, 0.6) is 0 Å². The molecule has 3 heteroatoms. The van der Waals surface area contributed by atoms with E-state index in [9.17, 15) is 9.90 Å². The van der Waals surface area contributed by atoms with Gasteiger partial charge in [-0.3, -0.25) is 4.79 Å². The predicted molar refractivity (Wildman–Crippen MR) is 58.4 cm³/mol. The van der Waals surface area contributed by atoms with Crippen LogP contribution in [0.4, 0.5) is 0 Å². The monoisotopic (exact) mass is 214 g/mol. The first-order chi connectivity index (χ1) is 7.04. The molecule has 15 heavy (non-hydrogen) atoms. The van der Waals surface area contributed by atoms with Crippen molar-refractivity contribution in [1.29, 1.82) is 0 Å². The van der Waals surface area contributed by atoms with Crippen molar-refractivity contribution in [1.82, 2.24) is 0 Å². The lowest BCUT2D eigenvalue weighted by atomic mass is 9.82. The van der Waals surface area contributed by atoms with Crippen LogP contribution in [0, 0.1) is 11.8 Å². The van der Waals surface area contributed by atoms with Gasteiger partial charge in [-0.25, -0.2) is 0 Å². The molecule has 0 amide bonds. The molecule has 0 saturated heterocycles. The van der Waals surface area contributed by atoms with Crippen molar-refractivity contribution in [3.8, 4) is 0 Å². The minimum atomic E-state index is -0.873. The van der Waals surface area contributed by atoms with Crippen LogP contribution in [-0.4, -0.2) is 23.3 Å². The maximum atomic E-state index is 11.7. The largest absolute Gasteiger partial charge is 0.466 e. The van der Waals surface area contributed by atoms with Crippen LogP contribution in [0.15, 0.2) is 0 Å². The van der Waals surface area contributed by atoms with E-state index in [0.717, 1.165) is 19.3 Å². The van der Waals surface area contributed by atoms with Crippen LogP contribution < -0.4 is 0 Å². The van der Waals surface area contributed by atoms with Gasteiger partial charge in [-0.2, -0.15) is 0 Å². The summed E-state index contributed by atoms with van der Waals surface area (Å²) < 4.78 is 5.02. The molecule has 0 aromatic heterocycles. The number of rotatable bonds is 6. The van der Waals surface area contributed by atoms with Gasteiger partial charge in [0.25, 0.3) is 0 Å². The first kappa shape index (κ1) is 12.5. The molecule has 1 saturated carbocycles. The number of hydrogen-bond acceptors (Lipinski definition) is 3. The summed E-state index contributed by atoms with van der Waals surface area (Å²) in [5, 5.41) is 10.3. The average Bonchev–Trinajstić information content (AvgIpc) is 2.97. The molecule has 1 N–H and O–H groups in total. The molecule has 0 spiro atoms. The highest BCUT2D eigenvalue weighted by Crippen LogP contribution is 2.45. The number of hydrogen-bond donors (Lipinski definition) is 1. The first-order valence-corrected chi connectivity index (χ1v) is 5.93. The minimum absolute atomic E-state index is 0.240. The molecule has 0 heterocycles. The van der Waals surface area contributed by atoms with Crippen molar-refractivity contribution in [3.05, 3.63) is 0 Å². The van der Waals surface area contributed by atoms with Crippen LogP contribution in [-0.2, 0) is 9.53 Å². The number of ether oxygens (including phenoxy) is 1. The van der Waals surface area contributed by atoms with Crippen LogP contribution >= 0.6 is 0 Å². The summed E-state index contributed by atoms with van der Waals surface area (Å²) in [5.41, 5.74) is -0.873. The van der Waals surface area contributed by atoms with Gasteiger partial charge in [0, 0.05) is 0 Å². The first-order valence-electron chi connectivity index (χ1n) is 5.93. The molecule has 0 aromatic rings. The molecule has 0 radical (unpaired) electrons. The Balaban J connectivity index is 2.66. The van der Waals surface area contributed by atoms with E-state index >= 15 is 0 Å². The van der Waals surface area contributed by atoms with E-state index in [0.29, 0.717) is 18.9 Å². The Morgan fingerprint density at radius 1 is 1.53 bits per heavy atom. The normalized spacial score (nSPS) is 21.9. The summed E-state index contributed by atoms with van der Waals surface area (Å²) in [5.74, 6) is -0.301. The van der Waals surface area contributed by atoms with E-state index in [1.807, 2.05) is 6.92 Å². The Kier molecular flexibility index (Phi) is 4.14. The zero-order valence-corrected chi connectivity index (χ0v) is 9.95. The van der Waals surface area contributed by atoms with Gasteiger partial charge in [0.05, 0.1) is 18.1 Å². The Hall–Kier alpha value is -0.570. The lowest BCUT2D eigenvalue weighted by Crippen LogP contribution is -2.42. The summed E-state index contributed by atoms with van der Waals surface area (Å²) in [7, 11) is 0. The smallest absolute Gasteiger partial charge is 0.311 e. The molecule has 88 valence electrons. The lowest BCUT2D eigenvalue weighted by molar-refractivity contribution is -0.159. The second-order valence-corrected chi connectivity index (χ2v) is 4.59. The van der Waals surface area contributed by atoms with Gasteiger partial charge in [0.15, 0.2) is 0 Å². The van der Waals surface area contributed by atoms with Gasteiger partial charge >= 0.3 is 5.97 Å². The Morgan fingerprint density at radius 3 is 2.53 bits per heavy atom. The molecule has 2 unspecified atom stereocenters. The van der Waals surface area contributed by atoms with Crippen LogP contribution in [0.25, 0.3) is 0 Å². The number of carbonyl (C=O) groups excluding carboxylic acids is 1.